The molecule has 0 aliphatic rings. The zero-order chi connectivity index (χ0) is 28.9. The first kappa shape index (κ1) is 33.7. The van der Waals surface area contributed by atoms with Gasteiger partial charge in [0.25, 0.3) is 0 Å². The van der Waals surface area contributed by atoms with Crippen molar-refractivity contribution in [2.75, 3.05) is 0 Å². The smallest absolute Gasteiger partial charge is 0.875 e. The van der Waals surface area contributed by atoms with Crippen LogP contribution < -0.4 is 10.2 Å². The van der Waals surface area contributed by atoms with Crippen molar-refractivity contribution in [2.24, 2.45) is 9.98 Å². The largest absolute Gasteiger partial charge is 2.00 e. The molecule has 0 N–H and O–H groups in total. The molecular weight excluding hydrogens is 535 g/mol. The molecule has 0 fully saturated rings. The number of aliphatic imine (C=N–C) groups is 2. The van der Waals surface area contributed by atoms with E-state index >= 15 is 0 Å². The van der Waals surface area contributed by atoms with Crippen LogP contribution in [0.5, 0.6) is 0 Å². The van der Waals surface area contributed by atoms with Gasteiger partial charge >= 0.3 is 16.8 Å². The number of carbonyl (C=O) groups excluding carboxylic acids is 2. The molecular formula is C32H38CoN2O4. The Bertz CT molecular complexity index is 1220. The molecule has 2 aromatic rings. The number of nitrogens with zero attached hydrogens (tertiary/aromatic N) is 2. The summed E-state index contributed by atoms with van der Waals surface area (Å²) in [5, 5.41) is 24.4. The fraction of sp³-hybridized carbons (Fsp3) is 0.375. The number of Topliss-reactive ketones (excluding diaryl/α,β-unsaturated/α-hetero) is 2. The van der Waals surface area contributed by atoms with Gasteiger partial charge in [0, 0.05) is 23.6 Å². The average molecular weight is 574 g/mol. The molecule has 0 spiro atoms. The first-order valence-electron chi connectivity index (χ1n) is 12.6. The molecule has 0 aromatic heterocycles. The van der Waals surface area contributed by atoms with E-state index in [2.05, 4.69) is 24.3 Å². The van der Waals surface area contributed by atoms with Crippen LogP contribution in [0, 0.1) is 41.5 Å². The van der Waals surface area contributed by atoms with Crippen molar-refractivity contribution in [3.8, 4) is 0 Å². The van der Waals surface area contributed by atoms with Gasteiger partial charge in [0.15, 0.2) is 11.6 Å². The first-order valence-corrected chi connectivity index (χ1v) is 12.6. The van der Waals surface area contributed by atoms with E-state index in [1.165, 1.54) is 40.1 Å². The third-order valence-corrected chi connectivity index (χ3v) is 6.61. The second kappa shape index (κ2) is 14.2. The van der Waals surface area contributed by atoms with Gasteiger partial charge in [-0.2, -0.15) is 0 Å². The van der Waals surface area contributed by atoms with Gasteiger partial charge in [0.1, 0.15) is 12.1 Å². The molecule has 39 heavy (non-hydrogen) atoms. The summed E-state index contributed by atoms with van der Waals surface area (Å²) in [6.45, 7) is 17.4. The number of rotatable bonds is 9. The minimum absolute atomic E-state index is 0. The molecule has 0 unspecified atom stereocenters. The standard InChI is InChI=1S/C32H40N2O4.Co/c1-17-11-19(3)29(20(4)12-17)31(33-15-27(23(7)35)24(8)36)32(34-16-28(25(9)37)26(10)38)30-21(5)13-18(2)14-22(30)6;/h11-16,31-32,35,37H,1-10H3;/q;+2/p-2/b27-23+,28-25+,33-15?,34-16?;/t31-,32-;/m0./s1. The van der Waals surface area contributed by atoms with E-state index in [-0.39, 0.29) is 51.0 Å². The van der Waals surface area contributed by atoms with Crippen LogP contribution in [0.25, 0.3) is 0 Å². The average Bonchev–Trinajstić information content (AvgIpc) is 2.74. The Morgan fingerprint density at radius 3 is 1.08 bits per heavy atom. The van der Waals surface area contributed by atoms with E-state index in [0.29, 0.717) is 0 Å². The predicted octanol–water partition coefficient (Wildman–Crippen LogP) is 4.91. The van der Waals surface area contributed by atoms with Crippen molar-refractivity contribution in [2.45, 2.75) is 81.3 Å². The van der Waals surface area contributed by atoms with E-state index in [1.54, 1.807) is 0 Å². The molecule has 0 amide bonds. The zero-order valence-corrected chi connectivity index (χ0v) is 25.5. The summed E-state index contributed by atoms with van der Waals surface area (Å²) in [4.78, 5) is 34.1. The first-order chi connectivity index (χ1) is 17.6. The normalized spacial score (nSPS) is 14.5. The molecule has 209 valence electrons. The zero-order valence-electron chi connectivity index (χ0n) is 24.5. The summed E-state index contributed by atoms with van der Waals surface area (Å²) in [6.07, 6.45) is 2.69. The molecule has 7 heteroatoms. The number of benzene rings is 2. The van der Waals surface area contributed by atoms with Gasteiger partial charge < -0.3 is 10.2 Å². The Balaban J connectivity index is 0.00000760. The SMILES string of the molecule is CC(=O)/C(C=N[C@@H](c1c(C)cc(C)cc1C)[C@@H](N=C/C(C(C)=O)=C(/C)[O-])c1c(C)cc(C)cc1C)=C(\C)[O-].[Co+2]. The molecule has 0 aliphatic carbocycles. The molecule has 2 rings (SSSR count). The molecule has 2 aromatic carbocycles. The summed E-state index contributed by atoms with van der Waals surface area (Å²) in [5.41, 5.74) is 7.95. The van der Waals surface area contributed by atoms with E-state index in [1.807, 2.05) is 41.5 Å². The van der Waals surface area contributed by atoms with Crippen LogP contribution in [0.1, 0.15) is 84.3 Å². The molecule has 2 atom stereocenters. The fourth-order valence-corrected chi connectivity index (χ4v) is 5.11. The van der Waals surface area contributed by atoms with Crippen LogP contribution in [0.4, 0.5) is 0 Å². The Hall–Kier alpha value is -3.29. The summed E-state index contributed by atoms with van der Waals surface area (Å²) < 4.78 is 0. The fourth-order valence-electron chi connectivity index (χ4n) is 5.11. The van der Waals surface area contributed by atoms with Crippen LogP contribution in [0.15, 0.2) is 56.9 Å². The Morgan fingerprint density at radius 2 is 0.872 bits per heavy atom. The molecule has 0 aliphatic heterocycles. The molecule has 0 saturated heterocycles. The second-order valence-corrected chi connectivity index (χ2v) is 10.1. The van der Waals surface area contributed by atoms with Crippen LogP contribution in [-0.2, 0) is 26.4 Å². The Morgan fingerprint density at radius 1 is 0.615 bits per heavy atom. The summed E-state index contributed by atoms with van der Waals surface area (Å²) in [6, 6.07) is 6.96. The van der Waals surface area contributed by atoms with Gasteiger partial charge in [-0.3, -0.25) is 19.6 Å². The van der Waals surface area contributed by atoms with Crippen LogP contribution in [0.3, 0.4) is 0 Å². The van der Waals surface area contributed by atoms with Crippen molar-refractivity contribution < 1.29 is 36.6 Å². The van der Waals surface area contributed by atoms with Crippen LogP contribution in [-0.4, -0.2) is 24.0 Å². The van der Waals surface area contributed by atoms with Gasteiger partial charge in [-0.25, -0.2) is 0 Å². The third-order valence-electron chi connectivity index (χ3n) is 6.61. The summed E-state index contributed by atoms with van der Waals surface area (Å²) in [5.74, 6) is -1.49. The van der Waals surface area contributed by atoms with Crippen LogP contribution >= 0.6 is 0 Å². The van der Waals surface area contributed by atoms with Gasteiger partial charge in [-0.15, -0.1) is 11.5 Å². The minimum atomic E-state index is -0.638. The van der Waals surface area contributed by atoms with E-state index in [9.17, 15) is 19.8 Å². The van der Waals surface area contributed by atoms with Crippen molar-refractivity contribution in [1.82, 2.24) is 0 Å². The Labute approximate surface area is 242 Å². The number of ketones is 2. The van der Waals surface area contributed by atoms with Crippen molar-refractivity contribution in [1.29, 1.82) is 0 Å². The van der Waals surface area contributed by atoms with Crippen LogP contribution in [0.2, 0.25) is 0 Å². The topological polar surface area (TPSA) is 105 Å². The molecule has 1 radical (unpaired) electrons. The maximum absolute atomic E-state index is 12.2. The monoisotopic (exact) mass is 573 g/mol. The van der Waals surface area contributed by atoms with E-state index < -0.39 is 12.1 Å². The summed E-state index contributed by atoms with van der Waals surface area (Å²) in [7, 11) is 0. The van der Waals surface area contributed by atoms with Crippen molar-refractivity contribution >= 4 is 24.0 Å². The maximum Gasteiger partial charge on any atom is 2.00 e. The third kappa shape index (κ3) is 8.34. The Kier molecular flexibility index (Phi) is 12.3. The molecule has 0 bridgehead atoms. The number of hydrogen-bond acceptors (Lipinski definition) is 6. The van der Waals surface area contributed by atoms with Gasteiger partial charge in [-0.05, 0) is 88.8 Å². The van der Waals surface area contributed by atoms with Crippen molar-refractivity contribution in [3.63, 3.8) is 0 Å². The molecule has 6 nitrogen and oxygen atoms in total. The van der Waals surface area contributed by atoms with E-state index in [4.69, 9.17) is 9.98 Å². The van der Waals surface area contributed by atoms with Gasteiger partial charge in [-0.1, -0.05) is 49.2 Å². The summed E-state index contributed by atoms with van der Waals surface area (Å²) >= 11 is 0. The molecule has 0 saturated carbocycles. The van der Waals surface area contributed by atoms with Gasteiger partial charge in [0.05, 0.1) is 0 Å². The minimum Gasteiger partial charge on any atom is -0.875 e. The molecule has 0 heterocycles. The van der Waals surface area contributed by atoms with Crippen molar-refractivity contribution in [3.05, 3.63) is 91.4 Å². The maximum atomic E-state index is 12.2. The van der Waals surface area contributed by atoms with E-state index in [0.717, 1.165) is 44.5 Å². The second-order valence-electron chi connectivity index (χ2n) is 10.1. The number of hydrogen-bond donors (Lipinski definition) is 0. The number of aryl methyl sites for hydroxylation is 6. The predicted molar refractivity (Wildman–Crippen MR) is 151 cm³/mol. The van der Waals surface area contributed by atoms with Gasteiger partial charge in [0.2, 0.25) is 0 Å². The number of allylic oxidation sites excluding steroid dienone is 4. The number of carbonyl (C=O) groups is 2. The quantitative estimate of drug-likeness (QED) is 0.242.